The molecule has 1 amide bonds. The number of thiophene rings is 1. The van der Waals surface area contributed by atoms with Crippen LogP contribution in [-0.2, 0) is 11.3 Å². The molecule has 0 radical (unpaired) electrons. The van der Waals surface area contributed by atoms with Gasteiger partial charge in [-0.3, -0.25) is 9.89 Å². The summed E-state index contributed by atoms with van der Waals surface area (Å²) in [6.45, 7) is 2.39. The van der Waals surface area contributed by atoms with Gasteiger partial charge in [-0.2, -0.15) is 0 Å². The second-order valence-electron chi connectivity index (χ2n) is 5.25. The molecule has 0 spiro atoms. The Morgan fingerprint density at radius 3 is 2.84 bits per heavy atom. The van der Waals surface area contributed by atoms with Gasteiger partial charge in [0.25, 0.3) is 0 Å². The summed E-state index contributed by atoms with van der Waals surface area (Å²) in [6, 6.07) is 11.5. The zero-order chi connectivity index (χ0) is 17.6. The van der Waals surface area contributed by atoms with Gasteiger partial charge >= 0.3 is 0 Å². The number of benzene rings is 1. The van der Waals surface area contributed by atoms with Crippen molar-refractivity contribution in [3.63, 3.8) is 0 Å². The van der Waals surface area contributed by atoms with E-state index in [1.54, 1.807) is 18.4 Å². The first-order valence-corrected chi connectivity index (χ1v) is 9.45. The van der Waals surface area contributed by atoms with Crippen molar-refractivity contribution in [1.29, 1.82) is 0 Å². The quantitative estimate of drug-likeness (QED) is 0.620. The summed E-state index contributed by atoms with van der Waals surface area (Å²) < 4.78 is 5.14. The normalized spacial score (nSPS) is 11.9. The summed E-state index contributed by atoms with van der Waals surface area (Å²) in [5, 5.41) is 12.3. The van der Waals surface area contributed by atoms with Crippen LogP contribution >= 0.6 is 23.1 Å². The maximum atomic E-state index is 12.2. The molecule has 0 fully saturated rings. The smallest absolute Gasteiger partial charge is 0.233 e. The summed E-state index contributed by atoms with van der Waals surface area (Å²) in [5.74, 6) is 1.42. The lowest BCUT2D eigenvalue weighted by Crippen LogP contribution is -2.30. The van der Waals surface area contributed by atoms with Crippen LogP contribution in [-0.4, -0.2) is 33.4 Å². The topological polar surface area (TPSA) is 79.9 Å². The van der Waals surface area contributed by atoms with Crippen LogP contribution in [0.2, 0.25) is 0 Å². The lowest BCUT2D eigenvalue weighted by molar-refractivity contribution is -0.120. The number of thioether (sulfide) groups is 1. The Morgan fingerprint density at radius 2 is 2.16 bits per heavy atom. The zero-order valence-corrected chi connectivity index (χ0v) is 15.5. The highest BCUT2D eigenvalue weighted by atomic mass is 32.2. The third-order valence-corrected chi connectivity index (χ3v) is 5.33. The van der Waals surface area contributed by atoms with Gasteiger partial charge in [-0.15, -0.1) is 16.4 Å². The summed E-state index contributed by atoms with van der Waals surface area (Å²) in [4.78, 5) is 17.8. The van der Waals surface area contributed by atoms with E-state index in [-0.39, 0.29) is 11.2 Å². The number of carbonyl (C=O) groups is 1. The van der Waals surface area contributed by atoms with Crippen molar-refractivity contribution in [2.45, 2.75) is 23.9 Å². The van der Waals surface area contributed by atoms with Crippen molar-refractivity contribution >= 4 is 29.0 Å². The van der Waals surface area contributed by atoms with E-state index < -0.39 is 0 Å². The minimum atomic E-state index is -0.278. The lowest BCUT2D eigenvalue weighted by Gasteiger charge is -2.09. The zero-order valence-electron chi connectivity index (χ0n) is 13.9. The van der Waals surface area contributed by atoms with E-state index in [2.05, 4.69) is 20.5 Å². The number of aromatic amines is 1. The van der Waals surface area contributed by atoms with Crippen LogP contribution in [0.15, 0.2) is 46.9 Å². The largest absolute Gasteiger partial charge is 0.497 e. The van der Waals surface area contributed by atoms with Crippen LogP contribution < -0.4 is 10.1 Å². The van der Waals surface area contributed by atoms with E-state index in [1.807, 2.05) is 48.7 Å². The minimum absolute atomic E-state index is 0.0332. The molecular weight excluding hydrogens is 356 g/mol. The second-order valence-corrected chi connectivity index (χ2v) is 7.59. The molecule has 130 valence electrons. The highest BCUT2D eigenvalue weighted by Gasteiger charge is 2.17. The molecule has 0 aliphatic carbocycles. The molecule has 6 nitrogen and oxygen atoms in total. The maximum absolute atomic E-state index is 12.2. The van der Waals surface area contributed by atoms with Crippen LogP contribution in [0.1, 0.15) is 11.8 Å². The molecule has 0 saturated heterocycles. The van der Waals surface area contributed by atoms with Crippen LogP contribution in [0.4, 0.5) is 0 Å². The first-order valence-electron chi connectivity index (χ1n) is 7.69. The van der Waals surface area contributed by atoms with Crippen molar-refractivity contribution in [1.82, 2.24) is 20.5 Å². The van der Waals surface area contributed by atoms with Gasteiger partial charge < -0.3 is 10.1 Å². The Labute approximate surface area is 154 Å². The number of carbonyl (C=O) groups excluding carboxylic acids is 1. The summed E-state index contributed by atoms with van der Waals surface area (Å²) in [5.41, 5.74) is 0.912. The molecule has 2 heterocycles. The molecule has 25 heavy (non-hydrogen) atoms. The van der Waals surface area contributed by atoms with E-state index >= 15 is 0 Å². The molecule has 3 rings (SSSR count). The predicted molar refractivity (Wildman–Crippen MR) is 99.9 cm³/mol. The Morgan fingerprint density at radius 1 is 1.36 bits per heavy atom. The van der Waals surface area contributed by atoms with Crippen molar-refractivity contribution in [2.24, 2.45) is 0 Å². The Balaban J connectivity index is 1.57. The van der Waals surface area contributed by atoms with Crippen molar-refractivity contribution < 1.29 is 9.53 Å². The van der Waals surface area contributed by atoms with Gasteiger partial charge in [0, 0.05) is 10.4 Å². The molecule has 2 aromatic heterocycles. The van der Waals surface area contributed by atoms with Crippen LogP contribution in [0, 0.1) is 0 Å². The number of H-pyrrole nitrogens is 1. The third kappa shape index (κ3) is 4.61. The minimum Gasteiger partial charge on any atom is -0.497 e. The van der Waals surface area contributed by atoms with E-state index in [0.29, 0.717) is 17.5 Å². The number of hydrogen-bond donors (Lipinski definition) is 2. The fourth-order valence-corrected chi connectivity index (χ4v) is 3.51. The van der Waals surface area contributed by atoms with Gasteiger partial charge in [-0.1, -0.05) is 17.8 Å². The van der Waals surface area contributed by atoms with Gasteiger partial charge in [-0.25, -0.2) is 4.98 Å². The highest BCUT2D eigenvalue weighted by Crippen LogP contribution is 2.24. The molecule has 1 aromatic carbocycles. The van der Waals surface area contributed by atoms with Crippen LogP contribution in [0.3, 0.4) is 0 Å². The van der Waals surface area contributed by atoms with Gasteiger partial charge in [0.1, 0.15) is 5.75 Å². The predicted octanol–water partition coefficient (Wildman–Crippen LogP) is 3.34. The maximum Gasteiger partial charge on any atom is 0.233 e. The number of hydrogen-bond acceptors (Lipinski definition) is 6. The molecule has 0 unspecified atom stereocenters. The summed E-state index contributed by atoms with van der Waals surface area (Å²) >= 11 is 2.95. The standard InChI is InChI=1S/C17H18N4O2S2/c1-11(16(22)18-10-14-4-3-9-24-14)25-17-19-15(20-21-17)12-5-7-13(23-2)8-6-12/h3-9,11H,10H2,1-2H3,(H,18,22)(H,19,20,21)/t11-/m1/s1. The second kappa shape index (κ2) is 8.17. The SMILES string of the molecule is COc1ccc(-c2nc(S[C@H](C)C(=O)NCc3cccs3)n[nH]2)cc1. The van der Waals surface area contributed by atoms with E-state index in [9.17, 15) is 4.79 Å². The summed E-state index contributed by atoms with van der Waals surface area (Å²) in [6.07, 6.45) is 0. The molecule has 1 atom stereocenters. The Bertz CT molecular complexity index is 816. The molecule has 0 bridgehead atoms. The van der Waals surface area contributed by atoms with Gasteiger partial charge in [0.05, 0.1) is 18.9 Å². The number of amides is 1. The van der Waals surface area contributed by atoms with Crippen molar-refractivity contribution in [2.75, 3.05) is 7.11 Å². The van der Waals surface area contributed by atoms with Crippen LogP contribution in [0.5, 0.6) is 5.75 Å². The number of methoxy groups -OCH3 is 1. The molecule has 2 N–H and O–H groups in total. The summed E-state index contributed by atoms with van der Waals surface area (Å²) in [7, 11) is 1.63. The fraction of sp³-hybridized carbons (Fsp3) is 0.235. The first-order chi connectivity index (χ1) is 12.2. The van der Waals surface area contributed by atoms with Gasteiger partial charge in [0.2, 0.25) is 11.1 Å². The van der Waals surface area contributed by atoms with E-state index in [1.165, 1.54) is 11.8 Å². The molecular formula is C17H18N4O2S2. The lowest BCUT2D eigenvalue weighted by atomic mass is 10.2. The number of aromatic nitrogens is 3. The first kappa shape index (κ1) is 17.5. The monoisotopic (exact) mass is 374 g/mol. The highest BCUT2D eigenvalue weighted by molar-refractivity contribution is 8.00. The molecule has 3 aromatic rings. The van der Waals surface area contributed by atoms with Crippen molar-refractivity contribution in [3.05, 3.63) is 46.7 Å². The number of nitrogens with one attached hydrogen (secondary N) is 2. The van der Waals surface area contributed by atoms with Gasteiger partial charge in [-0.05, 0) is 42.6 Å². The average molecular weight is 374 g/mol. The fourth-order valence-electron chi connectivity index (χ4n) is 2.12. The number of nitrogens with zero attached hydrogens (tertiary/aromatic N) is 2. The molecule has 0 saturated carbocycles. The molecule has 0 aliphatic heterocycles. The number of rotatable bonds is 7. The van der Waals surface area contributed by atoms with E-state index in [4.69, 9.17) is 4.74 Å². The third-order valence-electron chi connectivity index (χ3n) is 3.50. The Hall–Kier alpha value is -2.32. The molecule has 0 aliphatic rings. The number of ether oxygens (including phenoxy) is 1. The Kier molecular flexibility index (Phi) is 5.72. The van der Waals surface area contributed by atoms with E-state index in [0.717, 1.165) is 16.2 Å². The van der Waals surface area contributed by atoms with Crippen molar-refractivity contribution in [3.8, 4) is 17.1 Å². The average Bonchev–Trinajstić information content (AvgIpc) is 3.31. The van der Waals surface area contributed by atoms with Crippen LogP contribution in [0.25, 0.3) is 11.4 Å². The van der Waals surface area contributed by atoms with Gasteiger partial charge in [0.15, 0.2) is 5.82 Å². The molecule has 8 heteroatoms.